The molecule has 104 valence electrons. The summed E-state index contributed by atoms with van der Waals surface area (Å²) in [6, 6.07) is 3.27. The Hall–Kier alpha value is -1.63. The molecule has 0 amide bonds. The van der Waals surface area contributed by atoms with Crippen LogP contribution in [0.2, 0.25) is 0 Å². The van der Waals surface area contributed by atoms with E-state index in [1.54, 1.807) is 17.0 Å². The van der Waals surface area contributed by atoms with Gasteiger partial charge < -0.3 is 9.64 Å². The molecule has 1 unspecified atom stereocenters. The van der Waals surface area contributed by atoms with Crippen LogP contribution in [0.1, 0.15) is 17.3 Å². The summed E-state index contributed by atoms with van der Waals surface area (Å²) in [6.07, 6.45) is -4.42. The lowest BCUT2D eigenvalue weighted by Gasteiger charge is -2.41. The largest absolute Gasteiger partial charge is 0.414 e. The molecule has 1 aliphatic heterocycles. The molecule has 1 saturated heterocycles. The fourth-order valence-electron chi connectivity index (χ4n) is 1.73. The summed E-state index contributed by atoms with van der Waals surface area (Å²) in [5, 5.41) is 0. The van der Waals surface area contributed by atoms with Crippen LogP contribution in [-0.4, -0.2) is 42.7 Å². The highest BCUT2D eigenvalue weighted by molar-refractivity contribution is 5.74. The summed E-state index contributed by atoms with van der Waals surface area (Å²) in [5.41, 5.74) is 0.461. The first-order valence-corrected chi connectivity index (χ1v) is 5.78. The molecule has 1 aromatic heterocycles. The van der Waals surface area contributed by atoms with Crippen molar-refractivity contribution in [2.24, 2.45) is 0 Å². The number of rotatable bonds is 4. The van der Waals surface area contributed by atoms with E-state index in [9.17, 15) is 18.0 Å². The number of anilines is 1. The summed E-state index contributed by atoms with van der Waals surface area (Å²) in [4.78, 5) is 16.3. The molecule has 1 fully saturated rings. The van der Waals surface area contributed by atoms with Gasteiger partial charge in [0.05, 0.1) is 6.10 Å². The smallest absolute Gasteiger partial charge is 0.362 e. The number of aromatic nitrogens is 1. The molecule has 0 aromatic carbocycles. The number of pyridine rings is 1. The van der Waals surface area contributed by atoms with Gasteiger partial charge in [0.25, 0.3) is 0 Å². The van der Waals surface area contributed by atoms with E-state index in [4.69, 9.17) is 4.74 Å². The van der Waals surface area contributed by atoms with Crippen molar-refractivity contribution >= 4 is 12.1 Å². The van der Waals surface area contributed by atoms with Gasteiger partial charge in [0.15, 0.2) is 12.4 Å². The fourth-order valence-corrected chi connectivity index (χ4v) is 1.73. The number of halogens is 3. The van der Waals surface area contributed by atoms with Crippen LogP contribution in [0.3, 0.4) is 0 Å². The van der Waals surface area contributed by atoms with Gasteiger partial charge in [-0.2, -0.15) is 13.2 Å². The van der Waals surface area contributed by atoms with Gasteiger partial charge >= 0.3 is 6.18 Å². The third-order valence-corrected chi connectivity index (χ3v) is 2.94. The number of aldehydes is 1. The van der Waals surface area contributed by atoms with Gasteiger partial charge in [0.2, 0.25) is 0 Å². The van der Waals surface area contributed by atoms with Crippen LogP contribution >= 0.6 is 0 Å². The second-order valence-corrected chi connectivity index (χ2v) is 4.41. The number of carbonyl (C=O) groups is 1. The van der Waals surface area contributed by atoms with Gasteiger partial charge in [-0.15, -0.1) is 0 Å². The molecule has 0 radical (unpaired) electrons. The maximum atomic E-state index is 12.3. The van der Waals surface area contributed by atoms with E-state index < -0.39 is 18.4 Å². The maximum absolute atomic E-state index is 12.3. The highest BCUT2D eigenvalue weighted by atomic mass is 19.4. The average molecular weight is 274 g/mol. The number of nitrogens with zero attached hydrogens (tertiary/aromatic N) is 2. The Morgan fingerprint density at radius 1 is 1.47 bits per heavy atom. The van der Waals surface area contributed by atoms with Crippen LogP contribution in [0.15, 0.2) is 18.3 Å². The number of hydrogen-bond acceptors (Lipinski definition) is 4. The molecule has 7 heteroatoms. The summed E-state index contributed by atoms with van der Waals surface area (Å²) >= 11 is 0. The van der Waals surface area contributed by atoms with Crippen molar-refractivity contribution < 1.29 is 22.7 Å². The molecule has 1 aromatic rings. The Labute approximate surface area is 108 Å². The Morgan fingerprint density at radius 2 is 2.16 bits per heavy atom. The Kier molecular flexibility index (Phi) is 3.75. The molecule has 0 aliphatic carbocycles. The molecule has 0 spiro atoms. The third kappa shape index (κ3) is 3.23. The quantitative estimate of drug-likeness (QED) is 0.788. The lowest BCUT2D eigenvalue weighted by molar-refractivity contribution is -0.228. The number of hydrogen-bond donors (Lipinski definition) is 0. The normalized spacial score (nSPS) is 18.0. The van der Waals surface area contributed by atoms with Crippen molar-refractivity contribution in [3.05, 3.63) is 23.9 Å². The summed E-state index contributed by atoms with van der Waals surface area (Å²) in [5.74, 6) is 0.630. The van der Waals surface area contributed by atoms with Gasteiger partial charge in [-0.1, -0.05) is 0 Å². The van der Waals surface area contributed by atoms with Gasteiger partial charge in [0.1, 0.15) is 5.82 Å². The van der Waals surface area contributed by atoms with Gasteiger partial charge in [-0.25, -0.2) is 4.98 Å². The van der Waals surface area contributed by atoms with Crippen molar-refractivity contribution in [1.29, 1.82) is 0 Å². The summed E-state index contributed by atoms with van der Waals surface area (Å²) in [7, 11) is 0. The van der Waals surface area contributed by atoms with Crippen molar-refractivity contribution in [2.45, 2.75) is 25.3 Å². The monoisotopic (exact) mass is 274 g/mol. The molecule has 1 atom stereocenters. The predicted molar refractivity (Wildman–Crippen MR) is 62.2 cm³/mol. The highest BCUT2D eigenvalue weighted by Crippen LogP contribution is 2.27. The molecule has 1 aliphatic rings. The molecule has 2 heterocycles. The molecular weight excluding hydrogens is 261 g/mol. The first-order chi connectivity index (χ1) is 8.90. The van der Waals surface area contributed by atoms with Crippen molar-refractivity contribution in [3.8, 4) is 0 Å². The van der Waals surface area contributed by atoms with E-state index >= 15 is 0 Å². The van der Waals surface area contributed by atoms with Crippen LogP contribution in [0.5, 0.6) is 0 Å². The molecule has 0 N–H and O–H groups in total. The maximum Gasteiger partial charge on any atom is 0.414 e. The zero-order valence-electron chi connectivity index (χ0n) is 10.2. The molecule has 0 bridgehead atoms. The van der Waals surface area contributed by atoms with Crippen molar-refractivity contribution in [1.82, 2.24) is 4.98 Å². The molecule has 2 rings (SSSR count). The molecule has 4 nitrogen and oxygen atoms in total. The topological polar surface area (TPSA) is 42.4 Å². The van der Waals surface area contributed by atoms with Crippen LogP contribution in [-0.2, 0) is 4.74 Å². The van der Waals surface area contributed by atoms with Crippen molar-refractivity contribution in [2.75, 3.05) is 18.0 Å². The first-order valence-electron chi connectivity index (χ1n) is 5.78. The number of alkyl halides is 3. The SMILES string of the molecule is CC(OC1CN(c2ccc(C=O)cn2)C1)C(F)(F)F. The second kappa shape index (κ2) is 5.16. The van der Waals surface area contributed by atoms with Gasteiger partial charge in [-0.05, 0) is 19.1 Å². The Morgan fingerprint density at radius 3 is 2.63 bits per heavy atom. The van der Waals surface area contributed by atoms with Crippen LogP contribution < -0.4 is 4.90 Å². The minimum atomic E-state index is -4.33. The third-order valence-electron chi connectivity index (χ3n) is 2.94. The molecular formula is C12H13F3N2O2. The Bertz CT molecular complexity index is 441. The van der Waals surface area contributed by atoms with E-state index in [-0.39, 0.29) is 0 Å². The average Bonchev–Trinajstić information content (AvgIpc) is 2.32. The van der Waals surface area contributed by atoms with E-state index in [1.807, 2.05) is 0 Å². The number of carbonyl (C=O) groups excluding carboxylic acids is 1. The minimum absolute atomic E-state index is 0.369. The first kappa shape index (κ1) is 13.8. The predicted octanol–water partition coefficient (Wildman–Crippen LogP) is 2.05. The lowest BCUT2D eigenvalue weighted by Crippen LogP contribution is -2.54. The minimum Gasteiger partial charge on any atom is -0.362 e. The zero-order valence-corrected chi connectivity index (χ0v) is 10.2. The summed E-state index contributed by atoms with van der Waals surface area (Å²) in [6.45, 7) is 1.74. The standard InChI is InChI=1S/C12H13F3N2O2/c1-8(12(13,14)15)19-10-5-17(6-10)11-3-2-9(7-18)4-16-11/h2-4,7-8,10H,5-6H2,1H3. The van der Waals surface area contributed by atoms with Crippen LogP contribution in [0.4, 0.5) is 19.0 Å². The highest BCUT2D eigenvalue weighted by Gasteiger charge is 2.41. The number of ether oxygens (including phenoxy) is 1. The van der Waals surface area contributed by atoms with E-state index in [1.165, 1.54) is 6.20 Å². The van der Waals surface area contributed by atoms with E-state index in [2.05, 4.69) is 4.98 Å². The summed E-state index contributed by atoms with van der Waals surface area (Å²) < 4.78 is 41.8. The molecule has 19 heavy (non-hydrogen) atoms. The van der Waals surface area contributed by atoms with Crippen molar-refractivity contribution in [3.63, 3.8) is 0 Å². The zero-order chi connectivity index (χ0) is 14.0. The van der Waals surface area contributed by atoms with E-state index in [0.717, 1.165) is 6.92 Å². The molecule has 0 saturated carbocycles. The van der Waals surface area contributed by atoms with E-state index in [0.29, 0.717) is 30.8 Å². The Balaban J connectivity index is 1.84. The van der Waals surface area contributed by atoms with Crippen LogP contribution in [0, 0.1) is 0 Å². The van der Waals surface area contributed by atoms with Crippen LogP contribution in [0.25, 0.3) is 0 Å². The van der Waals surface area contributed by atoms with Gasteiger partial charge in [0, 0.05) is 24.8 Å². The van der Waals surface area contributed by atoms with Gasteiger partial charge in [-0.3, -0.25) is 4.79 Å². The fraction of sp³-hybridized carbons (Fsp3) is 0.500. The lowest BCUT2D eigenvalue weighted by atomic mass is 10.1. The second-order valence-electron chi connectivity index (χ2n) is 4.41.